The average molecular weight is 392 g/mol. The molecule has 0 radical (unpaired) electrons. The van der Waals surface area contributed by atoms with Crippen LogP contribution in [0.3, 0.4) is 0 Å². The van der Waals surface area contributed by atoms with Gasteiger partial charge in [-0.2, -0.15) is 17.6 Å². The number of carbonyl (C=O) groups is 1. The maximum Gasteiger partial charge on any atom is 0.407 e. The van der Waals surface area contributed by atoms with Gasteiger partial charge in [0.2, 0.25) is 5.95 Å². The molecule has 1 aromatic heterocycles. The average Bonchev–Trinajstić information content (AvgIpc) is 2.24. The molecule has 106 valence electrons. The highest BCUT2D eigenvalue weighted by Crippen LogP contribution is 2.21. The van der Waals surface area contributed by atoms with E-state index in [0.717, 1.165) is 12.3 Å². The zero-order valence-electron chi connectivity index (χ0n) is 9.42. The topological polar surface area (TPSA) is 53.4 Å². The molecule has 0 spiro atoms. The van der Waals surface area contributed by atoms with E-state index in [-0.39, 0.29) is 6.54 Å². The van der Waals surface area contributed by atoms with Crippen LogP contribution >= 0.6 is 22.6 Å². The molecular formula is C10H9F4IN2O2. The highest BCUT2D eigenvalue weighted by atomic mass is 127. The Morgan fingerprint density at radius 1 is 1.47 bits per heavy atom. The second-order valence-corrected chi connectivity index (χ2v) is 4.83. The Balaban J connectivity index is 2.76. The van der Waals surface area contributed by atoms with Crippen LogP contribution in [0.25, 0.3) is 0 Å². The van der Waals surface area contributed by atoms with Crippen molar-refractivity contribution in [1.82, 2.24) is 9.88 Å². The van der Waals surface area contributed by atoms with Crippen LogP contribution in [0.15, 0.2) is 12.3 Å². The number of halogens is 5. The molecule has 0 fully saturated rings. The fraction of sp³-hybridized carbons (Fsp3) is 0.400. The van der Waals surface area contributed by atoms with Crippen LogP contribution in [-0.2, 0) is 6.54 Å². The summed E-state index contributed by atoms with van der Waals surface area (Å²) in [7, 11) is 0. The molecule has 0 unspecified atom stereocenters. The van der Waals surface area contributed by atoms with Crippen molar-refractivity contribution in [1.29, 1.82) is 0 Å². The second kappa shape index (κ2) is 6.35. The van der Waals surface area contributed by atoms with Crippen molar-refractivity contribution in [3.8, 4) is 0 Å². The van der Waals surface area contributed by atoms with E-state index in [1.54, 1.807) is 22.6 Å². The molecule has 1 aromatic rings. The highest BCUT2D eigenvalue weighted by molar-refractivity contribution is 14.1. The van der Waals surface area contributed by atoms with Gasteiger partial charge in [0, 0.05) is 27.9 Å². The molecule has 1 rings (SSSR count). The van der Waals surface area contributed by atoms with Gasteiger partial charge in [-0.15, -0.1) is 0 Å². The maximum atomic E-state index is 12.8. The minimum atomic E-state index is -4.43. The van der Waals surface area contributed by atoms with Gasteiger partial charge in [0.25, 0.3) is 0 Å². The number of pyridine rings is 1. The molecule has 0 saturated carbocycles. The van der Waals surface area contributed by atoms with Gasteiger partial charge >= 0.3 is 12.3 Å². The molecule has 4 nitrogen and oxygen atoms in total. The van der Waals surface area contributed by atoms with Crippen molar-refractivity contribution in [2.45, 2.75) is 19.1 Å². The Bertz CT molecular complexity index is 467. The molecule has 1 N–H and O–H groups in total. The minimum Gasteiger partial charge on any atom is -0.465 e. The molecule has 0 bridgehead atoms. The molecule has 0 aliphatic heterocycles. The van der Waals surface area contributed by atoms with E-state index in [4.69, 9.17) is 5.11 Å². The Morgan fingerprint density at radius 2 is 2.11 bits per heavy atom. The normalized spacial score (nSPS) is 11.4. The van der Waals surface area contributed by atoms with Crippen molar-refractivity contribution in [2.24, 2.45) is 0 Å². The quantitative estimate of drug-likeness (QED) is 0.487. The number of hydrogen-bond acceptors (Lipinski definition) is 2. The predicted molar refractivity (Wildman–Crippen MR) is 66.0 cm³/mol. The fourth-order valence-electron chi connectivity index (χ4n) is 1.26. The Labute approximate surface area is 119 Å². The summed E-state index contributed by atoms with van der Waals surface area (Å²) in [6, 6.07) is 1.08. The van der Waals surface area contributed by atoms with Crippen LogP contribution in [0, 0.1) is 9.52 Å². The van der Waals surface area contributed by atoms with Gasteiger partial charge in [0.1, 0.15) is 0 Å². The molecule has 1 heterocycles. The Hall–Kier alpha value is -1.13. The zero-order valence-corrected chi connectivity index (χ0v) is 11.6. The number of hydrogen-bond donors (Lipinski definition) is 1. The van der Waals surface area contributed by atoms with Crippen molar-refractivity contribution < 1.29 is 27.5 Å². The predicted octanol–water partition coefficient (Wildman–Crippen LogP) is 3.26. The molecule has 0 aliphatic rings. The third-order valence-electron chi connectivity index (χ3n) is 2.19. The summed E-state index contributed by atoms with van der Waals surface area (Å²) < 4.78 is 49.4. The summed E-state index contributed by atoms with van der Waals surface area (Å²) in [5.74, 6) is -0.731. The third-order valence-corrected chi connectivity index (χ3v) is 3.20. The van der Waals surface area contributed by atoms with Crippen molar-refractivity contribution in [2.75, 3.05) is 6.54 Å². The van der Waals surface area contributed by atoms with Crippen molar-refractivity contribution in [3.05, 3.63) is 27.3 Å². The van der Waals surface area contributed by atoms with Crippen LogP contribution in [0.5, 0.6) is 0 Å². The molecule has 0 atom stereocenters. The number of carboxylic acid groups (broad SMARTS) is 1. The lowest BCUT2D eigenvalue weighted by Gasteiger charge is -2.20. The van der Waals surface area contributed by atoms with Gasteiger partial charge in [0.15, 0.2) is 0 Å². The minimum absolute atomic E-state index is 0.267. The summed E-state index contributed by atoms with van der Waals surface area (Å²) >= 11 is 1.77. The number of aromatic nitrogens is 1. The summed E-state index contributed by atoms with van der Waals surface area (Å²) in [4.78, 5) is 14.8. The fourth-order valence-corrected chi connectivity index (χ4v) is 1.83. The first-order valence-electron chi connectivity index (χ1n) is 5.03. The van der Waals surface area contributed by atoms with Crippen LogP contribution in [0.1, 0.15) is 12.0 Å². The van der Waals surface area contributed by atoms with Gasteiger partial charge in [0.05, 0.1) is 13.0 Å². The van der Waals surface area contributed by atoms with Gasteiger partial charge < -0.3 is 10.0 Å². The molecule has 9 heteroatoms. The van der Waals surface area contributed by atoms with E-state index in [1.165, 1.54) is 0 Å². The summed E-state index contributed by atoms with van der Waals surface area (Å²) in [6.07, 6.45) is -6.02. The lowest BCUT2D eigenvalue weighted by molar-refractivity contribution is -0.137. The first-order chi connectivity index (χ1) is 8.69. The van der Waals surface area contributed by atoms with E-state index >= 15 is 0 Å². The van der Waals surface area contributed by atoms with Crippen molar-refractivity contribution >= 4 is 28.7 Å². The van der Waals surface area contributed by atoms with E-state index < -0.39 is 31.2 Å². The van der Waals surface area contributed by atoms with Crippen LogP contribution in [0.2, 0.25) is 0 Å². The van der Waals surface area contributed by atoms with E-state index in [1.807, 2.05) is 0 Å². The molecule has 0 aliphatic carbocycles. The first-order valence-corrected chi connectivity index (χ1v) is 6.11. The lowest BCUT2D eigenvalue weighted by Crippen LogP contribution is -2.32. The zero-order chi connectivity index (χ0) is 14.6. The molecule has 0 aromatic carbocycles. The van der Waals surface area contributed by atoms with Crippen molar-refractivity contribution in [3.63, 3.8) is 0 Å². The summed E-state index contributed by atoms with van der Waals surface area (Å²) in [5.41, 5.74) is 0.353. The molecular weight excluding hydrogens is 383 g/mol. The lowest BCUT2D eigenvalue weighted by atomic mass is 10.2. The number of nitrogens with zero attached hydrogens (tertiary/aromatic N) is 2. The monoisotopic (exact) mass is 392 g/mol. The van der Waals surface area contributed by atoms with Gasteiger partial charge in [-0.1, -0.05) is 0 Å². The van der Waals surface area contributed by atoms with Gasteiger partial charge in [-0.05, 0) is 22.6 Å². The SMILES string of the molecule is O=C(O)N(CCC(F)(F)F)Cc1cnc(F)cc1I. The molecule has 1 amide bonds. The maximum absolute atomic E-state index is 12.8. The second-order valence-electron chi connectivity index (χ2n) is 3.67. The van der Waals surface area contributed by atoms with E-state index in [0.29, 0.717) is 14.0 Å². The first kappa shape index (κ1) is 15.9. The number of alkyl halides is 3. The van der Waals surface area contributed by atoms with Gasteiger partial charge in [-0.3, -0.25) is 0 Å². The van der Waals surface area contributed by atoms with Crippen LogP contribution in [-0.4, -0.2) is 33.8 Å². The molecule has 0 saturated heterocycles. The smallest absolute Gasteiger partial charge is 0.407 e. The van der Waals surface area contributed by atoms with Crippen LogP contribution in [0.4, 0.5) is 22.4 Å². The Kier molecular flexibility index (Phi) is 5.32. The van der Waals surface area contributed by atoms with Crippen LogP contribution < -0.4 is 0 Å². The highest BCUT2D eigenvalue weighted by Gasteiger charge is 2.29. The third kappa shape index (κ3) is 5.57. The van der Waals surface area contributed by atoms with E-state index in [9.17, 15) is 22.4 Å². The van der Waals surface area contributed by atoms with E-state index in [2.05, 4.69) is 4.98 Å². The summed E-state index contributed by atoms with van der Waals surface area (Å²) in [5, 5.41) is 8.84. The standard InChI is InChI=1S/C10H9F4IN2O2/c11-8-3-7(15)6(4-16-8)5-17(9(18)19)2-1-10(12,13)14/h3-4H,1-2,5H2,(H,18,19). The van der Waals surface area contributed by atoms with Gasteiger partial charge in [-0.25, -0.2) is 9.78 Å². The molecule has 19 heavy (non-hydrogen) atoms. The number of rotatable bonds is 4. The Morgan fingerprint density at radius 3 is 2.58 bits per heavy atom. The largest absolute Gasteiger partial charge is 0.465 e. The summed E-state index contributed by atoms with van der Waals surface area (Å²) in [6.45, 7) is -0.941. The number of amides is 1.